The summed E-state index contributed by atoms with van der Waals surface area (Å²) >= 11 is 5.22. The van der Waals surface area contributed by atoms with Crippen molar-refractivity contribution in [3.8, 4) is 17.2 Å². The predicted molar refractivity (Wildman–Crippen MR) is 104 cm³/mol. The van der Waals surface area contributed by atoms with Crippen molar-refractivity contribution in [3.05, 3.63) is 48.0 Å². The van der Waals surface area contributed by atoms with E-state index < -0.39 is 0 Å². The SMILES string of the molecule is CCOc1ccc(NC(=S)N/N=C\c2ccc(OC)cc2OC)cc1. The Morgan fingerprint density at radius 3 is 2.44 bits per heavy atom. The molecule has 0 unspecified atom stereocenters. The lowest BCUT2D eigenvalue weighted by Crippen LogP contribution is -2.23. The van der Waals surface area contributed by atoms with Gasteiger partial charge in [-0.3, -0.25) is 5.43 Å². The lowest BCUT2D eigenvalue weighted by Gasteiger charge is -2.09. The molecule has 2 aromatic rings. The van der Waals surface area contributed by atoms with Crippen molar-refractivity contribution in [2.45, 2.75) is 6.92 Å². The van der Waals surface area contributed by atoms with Gasteiger partial charge in [0.05, 0.1) is 27.0 Å². The summed E-state index contributed by atoms with van der Waals surface area (Å²) in [6.45, 7) is 2.58. The molecule has 0 radical (unpaired) electrons. The zero-order valence-electron chi connectivity index (χ0n) is 14.4. The largest absolute Gasteiger partial charge is 0.497 e. The maximum atomic E-state index is 5.40. The Labute approximate surface area is 152 Å². The Balaban J connectivity index is 1.92. The zero-order chi connectivity index (χ0) is 18.1. The van der Waals surface area contributed by atoms with Crippen molar-refractivity contribution in [3.63, 3.8) is 0 Å². The number of hydrogen-bond donors (Lipinski definition) is 2. The van der Waals surface area contributed by atoms with Crippen LogP contribution in [-0.4, -0.2) is 32.2 Å². The third-order valence-corrected chi connectivity index (χ3v) is 3.43. The molecule has 0 aliphatic carbocycles. The van der Waals surface area contributed by atoms with E-state index >= 15 is 0 Å². The van der Waals surface area contributed by atoms with E-state index in [4.69, 9.17) is 26.4 Å². The monoisotopic (exact) mass is 359 g/mol. The highest BCUT2D eigenvalue weighted by Gasteiger charge is 2.03. The van der Waals surface area contributed by atoms with Crippen molar-refractivity contribution in [1.29, 1.82) is 0 Å². The van der Waals surface area contributed by atoms with Gasteiger partial charge in [-0.15, -0.1) is 0 Å². The van der Waals surface area contributed by atoms with E-state index in [9.17, 15) is 0 Å². The summed E-state index contributed by atoms with van der Waals surface area (Å²) in [5.74, 6) is 2.20. The molecule has 0 aliphatic rings. The van der Waals surface area contributed by atoms with Gasteiger partial charge in [0.25, 0.3) is 0 Å². The number of thiocarbonyl (C=S) groups is 1. The summed E-state index contributed by atoms with van der Waals surface area (Å²) in [6, 6.07) is 13.0. The maximum Gasteiger partial charge on any atom is 0.191 e. The van der Waals surface area contributed by atoms with Crippen LogP contribution in [0.15, 0.2) is 47.6 Å². The van der Waals surface area contributed by atoms with Gasteiger partial charge < -0.3 is 19.5 Å². The number of hydrogen-bond acceptors (Lipinski definition) is 5. The van der Waals surface area contributed by atoms with E-state index in [2.05, 4.69) is 15.8 Å². The molecule has 0 aromatic heterocycles. The smallest absolute Gasteiger partial charge is 0.191 e. The average Bonchev–Trinajstić information content (AvgIpc) is 2.63. The molecule has 0 bridgehead atoms. The van der Waals surface area contributed by atoms with E-state index in [1.54, 1.807) is 26.5 Å². The zero-order valence-corrected chi connectivity index (χ0v) is 15.2. The topological polar surface area (TPSA) is 64.1 Å². The van der Waals surface area contributed by atoms with Gasteiger partial charge in [0, 0.05) is 17.3 Å². The second-order valence-electron chi connectivity index (χ2n) is 4.89. The van der Waals surface area contributed by atoms with E-state index in [1.807, 2.05) is 43.3 Å². The van der Waals surface area contributed by atoms with Crippen LogP contribution < -0.4 is 25.0 Å². The van der Waals surface area contributed by atoms with Crippen molar-refractivity contribution in [2.24, 2.45) is 5.10 Å². The summed E-state index contributed by atoms with van der Waals surface area (Å²) in [6.07, 6.45) is 1.63. The molecule has 2 rings (SSSR count). The van der Waals surface area contributed by atoms with Crippen LogP contribution in [-0.2, 0) is 0 Å². The van der Waals surface area contributed by atoms with Crippen LogP contribution in [0.3, 0.4) is 0 Å². The van der Waals surface area contributed by atoms with Crippen LogP contribution in [0.4, 0.5) is 5.69 Å². The molecular weight excluding hydrogens is 338 g/mol. The Kier molecular flexibility index (Phi) is 7.03. The number of nitrogens with zero attached hydrogens (tertiary/aromatic N) is 1. The minimum atomic E-state index is 0.382. The molecule has 132 valence electrons. The van der Waals surface area contributed by atoms with Crippen LogP contribution in [0.5, 0.6) is 17.2 Å². The summed E-state index contributed by atoms with van der Waals surface area (Å²) in [5.41, 5.74) is 4.42. The minimum absolute atomic E-state index is 0.382. The summed E-state index contributed by atoms with van der Waals surface area (Å²) in [7, 11) is 3.20. The van der Waals surface area contributed by atoms with Crippen LogP contribution in [0, 0.1) is 0 Å². The van der Waals surface area contributed by atoms with Crippen molar-refractivity contribution < 1.29 is 14.2 Å². The number of nitrogens with one attached hydrogen (secondary N) is 2. The number of rotatable bonds is 7. The molecule has 0 fully saturated rings. The first-order valence-corrected chi connectivity index (χ1v) is 8.12. The summed E-state index contributed by atoms with van der Waals surface area (Å²) in [5, 5.41) is 7.55. The molecule has 2 aromatic carbocycles. The van der Waals surface area contributed by atoms with E-state index in [1.165, 1.54) is 0 Å². The fraction of sp³-hybridized carbons (Fsp3) is 0.222. The molecule has 0 saturated heterocycles. The highest BCUT2D eigenvalue weighted by Crippen LogP contribution is 2.23. The molecule has 0 aliphatic heterocycles. The number of hydrazone groups is 1. The van der Waals surface area contributed by atoms with Gasteiger partial charge in [-0.05, 0) is 55.5 Å². The molecule has 0 atom stereocenters. The van der Waals surface area contributed by atoms with Gasteiger partial charge in [-0.25, -0.2) is 0 Å². The van der Waals surface area contributed by atoms with Crippen LogP contribution in [0.2, 0.25) is 0 Å². The van der Waals surface area contributed by atoms with Crippen LogP contribution >= 0.6 is 12.2 Å². The highest BCUT2D eigenvalue weighted by molar-refractivity contribution is 7.80. The van der Waals surface area contributed by atoms with Crippen molar-refractivity contribution in [1.82, 2.24) is 5.43 Å². The molecule has 25 heavy (non-hydrogen) atoms. The van der Waals surface area contributed by atoms with E-state index in [-0.39, 0.29) is 0 Å². The molecular formula is C18H21N3O3S. The quantitative estimate of drug-likeness (QED) is 0.449. The minimum Gasteiger partial charge on any atom is -0.497 e. The maximum absolute atomic E-state index is 5.40. The Bertz CT molecular complexity index is 733. The third kappa shape index (κ3) is 5.65. The molecule has 0 saturated carbocycles. The molecule has 0 heterocycles. The molecule has 7 heteroatoms. The third-order valence-electron chi connectivity index (χ3n) is 3.23. The first-order chi connectivity index (χ1) is 12.2. The Morgan fingerprint density at radius 1 is 1.08 bits per heavy atom. The molecule has 0 spiro atoms. The van der Waals surface area contributed by atoms with Crippen LogP contribution in [0.25, 0.3) is 0 Å². The van der Waals surface area contributed by atoms with E-state index in [0.717, 1.165) is 22.7 Å². The van der Waals surface area contributed by atoms with Crippen LogP contribution in [0.1, 0.15) is 12.5 Å². The Morgan fingerprint density at radius 2 is 1.80 bits per heavy atom. The molecule has 2 N–H and O–H groups in total. The van der Waals surface area contributed by atoms with Crippen molar-refractivity contribution in [2.75, 3.05) is 26.1 Å². The van der Waals surface area contributed by atoms with Gasteiger partial charge in [0.2, 0.25) is 0 Å². The lowest BCUT2D eigenvalue weighted by atomic mass is 10.2. The van der Waals surface area contributed by atoms with Gasteiger partial charge in [-0.2, -0.15) is 5.10 Å². The van der Waals surface area contributed by atoms with Gasteiger partial charge in [0.1, 0.15) is 17.2 Å². The van der Waals surface area contributed by atoms with Gasteiger partial charge in [-0.1, -0.05) is 0 Å². The van der Waals surface area contributed by atoms with Crippen molar-refractivity contribution >= 4 is 29.2 Å². The highest BCUT2D eigenvalue weighted by atomic mass is 32.1. The summed E-state index contributed by atoms with van der Waals surface area (Å²) < 4.78 is 15.9. The lowest BCUT2D eigenvalue weighted by molar-refractivity contribution is 0.340. The normalized spacial score (nSPS) is 10.4. The molecule has 0 amide bonds. The molecule has 6 nitrogen and oxygen atoms in total. The van der Waals surface area contributed by atoms with Gasteiger partial charge >= 0.3 is 0 Å². The second kappa shape index (κ2) is 9.48. The average molecular weight is 359 g/mol. The fourth-order valence-electron chi connectivity index (χ4n) is 2.05. The Hall–Kier alpha value is -2.80. The first kappa shape index (κ1) is 18.5. The number of benzene rings is 2. The number of methoxy groups -OCH3 is 2. The van der Waals surface area contributed by atoms with Gasteiger partial charge in [0.15, 0.2) is 5.11 Å². The summed E-state index contributed by atoms with van der Waals surface area (Å²) in [4.78, 5) is 0. The number of ether oxygens (including phenoxy) is 3. The second-order valence-corrected chi connectivity index (χ2v) is 5.30. The standard InChI is InChI=1S/C18H21N3O3S/c1-4-24-15-9-6-14(7-10-15)20-18(25)21-19-12-13-5-8-16(22-2)11-17(13)23-3/h5-12H,4H2,1-3H3,(H2,20,21,25)/b19-12-. The fourth-order valence-corrected chi connectivity index (χ4v) is 2.22. The number of anilines is 1. The first-order valence-electron chi connectivity index (χ1n) is 7.71. The van der Waals surface area contributed by atoms with E-state index in [0.29, 0.717) is 17.5 Å². The predicted octanol–water partition coefficient (Wildman–Crippen LogP) is 3.42.